The molecule has 0 amide bonds. The van der Waals surface area contributed by atoms with E-state index in [4.69, 9.17) is 16.1 Å². The SMILES string of the molecule is CN=C(NCCc1nc(C(C)C)no1)NC1CCCN(c2ccccc2Cl)C1.I. The zero-order valence-corrected chi connectivity index (χ0v) is 20.3. The summed E-state index contributed by atoms with van der Waals surface area (Å²) in [7, 11) is 1.79. The number of aliphatic imine (C=N–C) groups is 1. The molecule has 1 aromatic carbocycles. The van der Waals surface area contributed by atoms with Crippen LogP contribution >= 0.6 is 35.6 Å². The molecular formula is C20H30ClIN6O. The van der Waals surface area contributed by atoms with Gasteiger partial charge in [-0.25, -0.2) is 0 Å². The van der Waals surface area contributed by atoms with Gasteiger partial charge in [-0.15, -0.1) is 24.0 Å². The van der Waals surface area contributed by atoms with E-state index in [1.807, 2.05) is 18.2 Å². The molecule has 1 unspecified atom stereocenters. The summed E-state index contributed by atoms with van der Waals surface area (Å²) in [5, 5.41) is 11.7. The van der Waals surface area contributed by atoms with E-state index in [2.05, 4.69) is 50.6 Å². The molecule has 0 radical (unpaired) electrons. The number of benzene rings is 1. The van der Waals surface area contributed by atoms with Gasteiger partial charge in [0.2, 0.25) is 5.89 Å². The Morgan fingerprint density at radius 3 is 2.86 bits per heavy atom. The number of aromatic nitrogens is 2. The molecule has 0 saturated carbocycles. The van der Waals surface area contributed by atoms with E-state index in [1.165, 1.54) is 0 Å². The first kappa shape index (κ1) is 23.7. The Hall–Kier alpha value is -1.55. The summed E-state index contributed by atoms with van der Waals surface area (Å²) >= 11 is 6.37. The maximum absolute atomic E-state index is 6.37. The van der Waals surface area contributed by atoms with Crippen molar-refractivity contribution in [2.45, 2.75) is 45.1 Å². The van der Waals surface area contributed by atoms with Crippen molar-refractivity contribution in [2.24, 2.45) is 4.99 Å². The second-order valence-electron chi connectivity index (χ2n) is 7.33. The van der Waals surface area contributed by atoms with Gasteiger partial charge in [0.15, 0.2) is 11.8 Å². The molecule has 29 heavy (non-hydrogen) atoms. The molecule has 1 aliphatic heterocycles. The smallest absolute Gasteiger partial charge is 0.228 e. The molecule has 7 nitrogen and oxygen atoms in total. The van der Waals surface area contributed by atoms with Crippen LogP contribution in [-0.2, 0) is 6.42 Å². The topological polar surface area (TPSA) is 78.6 Å². The van der Waals surface area contributed by atoms with Crippen LogP contribution in [0.5, 0.6) is 0 Å². The van der Waals surface area contributed by atoms with Gasteiger partial charge < -0.3 is 20.1 Å². The summed E-state index contributed by atoms with van der Waals surface area (Å²) in [5.74, 6) is 2.45. The van der Waals surface area contributed by atoms with E-state index in [-0.39, 0.29) is 29.9 Å². The third-order valence-electron chi connectivity index (χ3n) is 4.81. The van der Waals surface area contributed by atoms with E-state index in [9.17, 15) is 0 Å². The van der Waals surface area contributed by atoms with Gasteiger partial charge in [0.05, 0.1) is 10.7 Å². The fourth-order valence-electron chi connectivity index (χ4n) is 3.30. The number of nitrogens with zero attached hydrogens (tertiary/aromatic N) is 4. The Morgan fingerprint density at radius 2 is 2.17 bits per heavy atom. The predicted octanol–water partition coefficient (Wildman–Crippen LogP) is 3.84. The fraction of sp³-hybridized carbons (Fsp3) is 0.550. The van der Waals surface area contributed by atoms with Crippen molar-refractivity contribution >= 4 is 47.2 Å². The van der Waals surface area contributed by atoms with Crippen molar-refractivity contribution < 1.29 is 4.52 Å². The van der Waals surface area contributed by atoms with Gasteiger partial charge in [-0.1, -0.05) is 42.7 Å². The molecule has 0 aliphatic carbocycles. The van der Waals surface area contributed by atoms with E-state index >= 15 is 0 Å². The van der Waals surface area contributed by atoms with E-state index < -0.39 is 0 Å². The summed E-state index contributed by atoms with van der Waals surface area (Å²) in [6, 6.07) is 8.32. The first-order valence-corrected chi connectivity index (χ1v) is 10.2. The molecule has 2 N–H and O–H groups in total. The van der Waals surface area contributed by atoms with Crippen molar-refractivity contribution in [3.63, 3.8) is 0 Å². The van der Waals surface area contributed by atoms with Crippen molar-refractivity contribution in [3.05, 3.63) is 41.0 Å². The van der Waals surface area contributed by atoms with Crippen molar-refractivity contribution in [2.75, 3.05) is 31.6 Å². The van der Waals surface area contributed by atoms with Gasteiger partial charge in [-0.2, -0.15) is 4.98 Å². The summed E-state index contributed by atoms with van der Waals surface area (Å²) in [5.41, 5.74) is 1.09. The standard InChI is InChI=1S/C20H29ClN6O.HI/c1-14(2)19-25-18(28-26-19)10-11-23-20(22-3)24-15-7-6-12-27(13-15)17-9-5-4-8-16(17)21;/h4-5,8-9,14-15H,6-7,10-13H2,1-3H3,(H2,22,23,24);1H. The number of hydrogen-bond donors (Lipinski definition) is 2. The number of anilines is 1. The maximum atomic E-state index is 6.37. The highest BCUT2D eigenvalue weighted by molar-refractivity contribution is 14.0. The Kier molecular flexibility index (Phi) is 9.48. The molecule has 1 aliphatic rings. The molecule has 160 valence electrons. The molecule has 2 aromatic rings. The normalized spacial score (nSPS) is 17.2. The Labute approximate surface area is 194 Å². The average Bonchev–Trinajstić information content (AvgIpc) is 3.17. The summed E-state index contributed by atoms with van der Waals surface area (Å²) in [4.78, 5) is 11.1. The fourth-order valence-corrected chi connectivity index (χ4v) is 3.56. The van der Waals surface area contributed by atoms with Crippen molar-refractivity contribution in [3.8, 4) is 0 Å². The van der Waals surface area contributed by atoms with Crippen LogP contribution in [0.3, 0.4) is 0 Å². The van der Waals surface area contributed by atoms with Crippen LogP contribution in [0.4, 0.5) is 5.69 Å². The number of nitrogens with one attached hydrogen (secondary N) is 2. The van der Waals surface area contributed by atoms with Crippen LogP contribution in [0.2, 0.25) is 5.02 Å². The highest BCUT2D eigenvalue weighted by Gasteiger charge is 2.22. The molecule has 0 spiro atoms. The lowest BCUT2D eigenvalue weighted by molar-refractivity contribution is 0.371. The molecule has 1 atom stereocenters. The zero-order valence-electron chi connectivity index (χ0n) is 17.2. The first-order valence-electron chi connectivity index (χ1n) is 9.86. The highest BCUT2D eigenvalue weighted by Crippen LogP contribution is 2.27. The molecule has 1 fully saturated rings. The minimum absolute atomic E-state index is 0. The lowest BCUT2D eigenvalue weighted by Crippen LogP contribution is -2.51. The predicted molar refractivity (Wildman–Crippen MR) is 129 cm³/mol. The van der Waals surface area contributed by atoms with Gasteiger partial charge >= 0.3 is 0 Å². The summed E-state index contributed by atoms with van der Waals surface area (Å²) < 4.78 is 5.29. The number of rotatable bonds is 6. The second-order valence-corrected chi connectivity index (χ2v) is 7.74. The van der Waals surface area contributed by atoms with Crippen LogP contribution in [0, 0.1) is 0 Å². The average molecular weight is 533 g/mol. The molecular weight excluding hydrogens is 503 g/mol. The quantitative estimate of drug-likeness (QED) is 0.334. The number of para-hydroxylation sites is 1. The van der Waals surface area contributed by atoms with E-state index in [0.717, 1.165) is 48.4 Å². The minimum Gasteiger partial charge on any atom is -0.368 e. The minimum atomic E-state index is 0. The van der Waals surface area contributed by atoms with Crippen LogP contribution in [0.15, 0.2) is 33.8 Å². The molecule has 3 rings (SSSR count). The van der Waals surface area contributed by atoms with Gasteiger partial charge in [-0.3, -0.25) is 4.99 Å². The van der Waals surface area contributed by atoms with Gasteiger partial charge in [-0.05, 0) is 25.0 Å². The Morgan fingerprint density at radius 1 is 1.38 bits per heavy atom. The Balaban J connectivity index is 0.00000300. The monoisotopic (exact) mass is 532 g/mol. The zero-order chi connectivity index (χ0) is 19.9. The Bertz CT molecular complexity index is 797. The number of halogens is 2. The molecule has 0 bridgehead atoms. The maximum Gasteiger partial charge on any atom is 0.228 e. The van der Waals surface area contributed by atoms with Crippen LogP contribution in [0.25, 0.3) is 0 Å². The third-order valence-corrected chi connectivity index (χ3v) is 5.13. The largest absolute Gasteiger partial charge is 0.368 e. The summed E-state index contributed by atoms with van der Waals surface area (Å²) in [6.07, 6.45) is 2.87. The van der Waals surface area contributed by atoms with Crippen LogP contribution in [-0.4, -0.2) is 48.8 Å². The number of guanidine groups is 1. The van der Waals surface area contributed by atoms with Gasteiger partial charge in [0.25, 0.3) is 0 Å². The first-order chi connectivity index (χ1) is 13.6. The number of hydrogen-bond acceptors (Lipinski definition) is 5. The highest BCUT2D eigenvalue weighted by atomic mass is 127. The lowest BCUT2D eigenvalue weighted by atomic mass is 10.0. The molecule has 1 aromatic heterocycles. The van der Waals surface area contributed by atoms with Gasteiger partial charge in [0.1, 0.15) is 0 Å². The third kappa shape index (κ3) is 6.74. The second kappa shape index (κ2) is 11.6. The lowest BCUT2D eigenvalue weighted by Gasteiger charge is -2.35. The molecule has 2 heterocycles. The van der Waals surface area contributed by atoms with Crippen molar-refractivity contribution in [1.29, 1.82) is 0 Å². The number of piperidine rings is 1. The van der Waals surface area contributed by atoms with Crippen molar-refractivity contribution in [1.82, 2.24) is 20.8 Å². The van der Waals surface area contributed by atoms with Crippen LogP contribution < -0.4 is 15.5 Å². The van der Waals surface area contributed by atoms with Crippen LogP contribution in [0.1, 0.15) is 44.3 Å². The van der Waals surface area contributed by atoms with E-state index in [1.54, 1.807) is 7.05 Å². The van der Waals surface area contributed by atoms with Gasteiger partial charge in [0, 0.05) is 45.1 Å². The molecule has 9 heteroatoms. The van der Waals surface area contributed by atoms with E-state index in [0.29, 0.717) is 24.9 Å². The summed E-state index contributed by atoms with van der Waals surface area (Å²) in [6.45, 7) is 6.69. The molecule has 1 saturated heterocycles.